The maximum atomic E-state index is 13.2. The average Bonchev–Trinajstić information content (AvgIpc) is 3.64. The summed E-state index contributed by atoms with van der Waals surface area (Å²) in [5.41, 5.74) is 5.28. The lowest BCUT2D eigenvalue weighted by atomic mass is 9.84. The van der Waals surface area contributed by atoms with Crippen LogP contribution in [0.4, 0.5) is 5.13 Å². The molecule has 19 heteroatoms. The van der Waals surface area contributed by atoms with Gasteiger partial charge in [-0.05, 0) is 44.5 Å². The maximum Gasteiger partial charge on any atom is 0.418 e. The second-order valence-electron chi connectivity index (χ2n) is 10.3. The van der Waals surface area contributed by atoms with Gasteiger partial charge >= 0.3 is 16.4 Å². The van der Waals surface area contributed by atoms with Gasteiger partial charge in [0.2, 0.25) is 0 Å². The van der Waals surface area contributed by atoms with Gasteiger partial charge in [-0.25, -0.2) is 14.8 Å². The van der Waals surface area contributed by atoms with Crippen LogP contribution in [0.1, 0.15) is 39.3 Å². The average molecular weight is 666 g/mol. The number of nitrogens with one attached hydrogen (secondary N) is 1. The van der Waals surface area contributed by atoms with Gasteiger partial charge in [-0.3, -0.25) is 14.1 Å². The van der Waals surface area contributed by atoms with E-state index in [-0.39, 0.29) is 10.8 Å². The molecule has 1 aliphatic rings. The minimum absolute atomic E-state index is 0.0626. The Kier molecular flexibility index (Phi) is 10.1. The van der Waals surface area contributed by atoms with Crippen molar-refractivity contribution in [1.29, 1.82) is 0 Å². The lowest BCUT2D eigenvalue weighted by Crippen LogP contribution is -2.76. The van der Waals surface area contributed by atoms with Crippen molar-refractivity contribution in [1.82, 2.24) is 24.9 Å². The molecule has 0 aliphatic carbocycles. The zero-order valence-electron chi connectivity index (χ0n) is 24.3. The number of aliphatic carboxylic acids is 1. The first-order chi connectivity index (χ1) is 21.2. The molecule has 1 aromatic carbocycles. The van der Waals surface area contributed by atoms with E-state index in [4.69, 9.17) is 19.9 Å². The van der Waals surface area contributed by atoms with Crippen molar-refractivity contribution in [2.75, 3.05) is 12.3 Å². The molecule has 1 fully saturated rings. The minimum Gasteiger partial charge on any atom is -0.489 e. The Morgan fingerprint density at radius 2 is 1.98 bits per heavy atom. The Bertz CT molecular complexity index is 1690. The number of rotatable bonds is 15. The third-order valence-electron chi connectivity index (χ3n) is 6.60. The topological polar surface area (TPSA) is 238 Å². The molecule has 0 radical (unpaired) electrons. The molecule has 1 saturated heterocycles. The third kappa shape index (κ3) is 8.12. The van der Waals surface area contributed by atoms with E-state index >= 15 is 0 Å². The number of nitrogen functional groups attached to an aromatic ring is 1. The van der Waals surface area contributed by atoms with Crippen molar-refractivity contribution < 1.29 is 46.3 Å². The quantitative estimate of drug-likeness (QED) is 0.0780. The van der Waals surface area contributed by atoms with Crippen LogP contribution in [-0.4, -0.2) is 85.5 Å². The lowest BCUT2D eigenvalue weighted by molar-refractivity contribution is -0.218. The molecule has 4 rings (SSSR count). The van der Waals surface area contributed by atoms with Crippen molar-refractivity contribution in [2.24, 2.45) is 5.16 Å². The van der Waals surface area contributed by atoms with E-state index in [1.165, 1.54) is 19.2 Å². The molecule has 0 bridgehead atoms. The van der Waals surface area contributed by atoms with Crippen molar-refractivity contribution in [3.63, 3.8) is 0 Å². The fraction of sp³-hybridized carbons (Fsp3) is 0.385. The smallest absolute Gasteiger partial charge is 0.418 e. The largest absolute Gasteiger partial charge is 0.489 e. The normalized spacial score (nSPS) is 17.0. The first-order valence-corrected chi connectivity index (χ1v) is 15.7. The molecule has 45 heavy (non-hydrogen) atoms. The monoisotopic (exact) mass is 665 g/mol. The zero-order chi connectivity index (χ0) is 32.9. The number of thiazole rings is 1. The number of anilines is 1. The number of carbonyl (C=O) groups is 3. The highest BCUT2D eigenvalue weighted by atomic mass is 32.3. The van der Waals surface area contributed by atoms with Crippen LogP contribution < -0.4 is 15.8 Å². The summed E-state index contributed by atoms with van der Waals surface area (Å²) in [6.45, 7) is 5.21. The number of hydrogen-bond donors (Lipinski definition) is 4. The summed E-state index contributed by atoms with van der Waals surface area (Å²) in [5, 5.41) is 17.6. The molecule has 242 valence electrons. The molecule has 3 heterocycles. The highest BCUT2D eigenvalue weighted by molar-refractivity contribution is 7.80. The molecule has 2 aromatic heterocycles. The number of imidazole rings is 1. The number of benzene rings is 1. The summed E-state index contributed by atoms with van der Waals surface area (Å²) in [6.07, 6.45) is 4.13. The van der Waals surface area contributed by atoms with Crippen LogP contribution in [0, 0.1) is 0 Å². The van der Waals surface area contributed by atoms with Gasteiger partial charge in [-0.15, -0.1) is 15.6 Å². The number of carboxylic acid groups (broad SMARTS) is 1. The second kappa shape index (κ2) is 13.6. The van der Waals surface area contributed by atoms with Crippen molar-refractivity contribution >= 4 is 50.4 Å². The van der Waals surface area contributed by atoms with Crippen LogP contribution >= 0.6 is 11.3 Å². The summed E-state index contributed by atoms with van der Waals surface area (Å²) >= 11 is 0.962. The van der Waals surface area contributed by atoms with Gasteiger partial charge in [-0.2, -0.15) is 13.5 Å². The maximum absolute atomic E-state index is 13.2. The fourth-order valence-electron chi connectivity index (χ4n) is 4.15. The number of carboxylic acids is 1. The Morgan fingerprint density at radius 1 is 1.27 bits per heavy atom. The van der Waals surface area contributed by atoms with E-state index in [0.29, 0.717) is 10.8 Å². The number of aryl methyl sites for hydroxylation is 1. The summed E-state index contributed by atoms with van der Waals surface area (Å²) in [7, 11) is -5.01. The molecule has 0 saturated carbocycles. The summed E-state index contributed by atoms with van der Waals surface area (Å²) in [6, 6.07) is 5.52. The lowest BCUT2D eigenvalue weighted by Gasteiger charge is -2.50. The first-order valence-electron chi connectivity index (χ1n) is 13.4. The number of unbranched alkanes of at least 4 members (excludes halogenated alkanes) is 1. The number of amides is 2. The molecule has 2 atom stereocenters. The number of aromatic nitrogens is 3. The number of oxime groups is 1. The number of β-lactam (4-membered cyclic amide) rings is 1. The van der Waals surface area contributed by atoms with E-state index in [1.54, 1.807) is 30.6 Å². The number of nitrogens with two attached hydrogens (primary N) is 1. The molecular formula is C26H31N7O10S2. The number of nitrogens with zero attached hydrogens (tertiary/aromatic N) is 5. The first kappa shape index (κ1) is 33.3. The zero-order valence-corrected chi connectivity index (χ0v) is 25.9. The number of carbonyl (C=O) groups excluding carboxylic acids is 2. The van der Waals surface area contributed by atoms with Crippen molar-refractivity contribution in [3.8, 4) is 17.0 Å². The summed E-state index contributed by atoms with van der Waals surface area (Å²) in [4.78, 5) is 51.1. The van der Waals surface area contributed by atoms with Gasteiger partial charge in [0.15, 0.2) is 10.8 Å². The van der Waals surface area contributed by atoms with Crippen LogP contribution in [0.15, 0.2) is 47.3 Å². The van der Waals surface area contributed by atoms with Crippen LogP contribution in [0.3, 0.4) is 0 Å². The molecule has 3 aromatic rings. The van der Waals surface area contributed by atoms with Gasteiger partial charge in [0, 0.05) is 23.7 Å². The Balaban J connectivity index is 1.44. The number of hydroxylamine groups is 2. The van der Waals surface area contributed by atoms with Gasteiger partial charge < -0.3 is 30.3 Å². The van der Waals surface area contributed by atoms with Crippen molar-refractivity contribution in [3.05, 3.63) is 47.9 Å². The molecular weight excluding hydrogens is 634 g/mol. The Labute approximate surface area is 261 Å². The molecule has 0 unspecified atom stereocenters. The van der Waals surface area contributed by atoms with Crippen LogP contribution in [0.5, 0.6) is 5.75 Å². The predicted octanol–water partition coefficient (Wildman–Crippen LogP) is 1.48. The Hall–Kier alpha value is -4.59. The van der Waals surface area contributed by atoms with Gasteiger partial charge in [-0.1, -0.05) is 18.5 Å². The summed E-state index contributed by atoms with van der Waals surface area (Å²) in [5.74, 6) is -3.11. The SMILES string of the molecule is CCCCn1cnc(-c2ccc(OC[C@H](O/N=C(\C(=O)N[C@@H]3C(=O)N(OS(=O)(=O)O)C3(C)C)c3csc(N)n3)C(=O)O)cc2)c1. The van der Waals surface area contributed by atoms with E-state index in [9.17, 15) is 27.9 Å². The number of hydrogen-bond acceptors (Lipinski definition) is 13. The van der Waals surface area contributed by atoms with E-state index < -0.39 is 58.2 Å². The van der Waals surface area contributed by atoms with Gasteiger partial charge in [0.05, 0.1) is 17.6 Å². The van der Waals surface area contributed by atoms with Crippen LogP contribution in [0.25, 0.3) is 11.3 Å². The second-order valence-corrected chi connectivity index (χ2v) is 12.2. The highest BCUT2D eigenvalue weighted by Crippen LogP contribution is 2.33. The van der Waals surface area contributed by atoms with Crippen LogP contribution in [-0.2, 0) is 40.4 Å². The van der Waals surface area contributed by atoms with Crippen molar-refractivity contribution in [2.45, 2.75) is 57.8 Å². The van der Waals surface area contributed by atoms with Gasteiger partial charge in [0.25, 0.3) is 17.9 Å². The predicted molar refractivity (Wildman–Crippen MR) is 159 cm³/mol. The minimum atomic E-state index is -5.01. The van der Waals surface area contributed by atoms with Crippen LogP contribution in [0.2, 0.25) is 0 Å². The molecule has 0 spiro atoms. The fourth-order valence-corrected chi connectivity index (χ4v) is 5.15. The standard InChI is InChI=1S/C26H31N7O10S2/c1-4-5-10-32-11-17(28-14-32)15-6-8-16(9-7-15)41-12-19(24(36)37)42-31-20(18-13-44-25(27)29-18)22(34)30-21-23(35)33(26(21,2)3)43-45(38,39)40/h6-9,11,13-14,19,21H,4-5,10,12H2,1-3H3,(H2,27,29)(H,30,34)(H,36,37)(H,38,39,40)/b31-20-/t19-,21+/m0/s1. The third-order valence-corrected chi connectivity index (χ3v) is 7.61. The Morgan fingerprint density at radius 3 is 2.56 bits per heavy atom. The molecule has 17 nitrogen and oxygen atoms in total. The van der Waals surface area contributed by atoms with Gasteiger partial charge in [0.1, 0.15) is 24.1 Å². The molecule has 2 amide bonds. The summed E-state index contributed by atoms with van der Waals surface area (Å²) < 4.78 is 43.0. The molecule has 1 aliphatic heterocycles. The highest BCUT2D eigenvalue weighted by Gasteiger charge is 2.58. The van der Waals surface area contributed by atoms with E-state index in [2.05, 4.69) is 31.6 Å². The van der Waals surface area contributed by atoms with E-state index in [1.807, 2.05) is 10.8 Å². The molecule has 5 N–H and O–H groups in total. The number of ether oxygens (including phenoxy) is 1. The van der Waals surface area contributed by atoms with E-state index in [0.717, 1.165) is 42.0 Å².